The molecule has 1 saturated heterocycles. The van der Waals surface area contributed by atoms with Crippen LogP contribution in [-0.2, 0) is 0 Å². The molecule has 1 aromatic carbocycles. The fraction of sp³-hybridized carbons (Fsp3) is 0.304. The van der Waals surface area contributed by atoms with E-state index in [9.17, 15) is 4.79 Å². The number of benzene rings is 1. The lowest BCUT2D eigenvalue weighted by molar-refractivity contribution is 0.0537. The number of piperazine rings is 1. The summed E-state index contributed by atoms with van der Waals surface area (Å²) in [5.41, 5.74) is 5.87. The van der Waals surface area contributed by atoms with Gasteiger partial charge in [-0.1, -0.05) is 41.1 Å². The molecular formula is C23H24N6OS. The maximum absolute atomic E-state index is 12.9. The lowest BCUT2D eigenvalue weighted by Crippen LogP contribution is -2.49. The quantitative estimate of drug-likeness (QED) is 0.495. The van der Waals surface area contributed by atoms with Gasteiger partial charge in [0.1, 0.15) is 11.4 Å². The third-order valence-corrected chi connectivity index (χ3v) is 6.69. The predicted molar refractivity (Wildman–Crippen MR) is 121 cm³/mol. The van der Waals surface area contributed by atoms with Crippen molar-refractivity contribution in [3.63, 3.8) is 0 Å². The van der Waals surface area contributed by atoms with Crippen LogP contribution >= 0.6 is 11.3 Å². The lowest BCUT2D eigenvalue weighted by atomic mass is 10.0. The minimum Gasteiger partial charge on any atom is -0.334 e. The van der Waals surface area contributed by atoms with Crippen LogP contribution in [0.3, 0.4) is 0 Å². The highest BCUT2D eigenvalue weighted by Crippen LogP contribution is 2.28. The molecule has 1 aliphatic rings. The normalized spacial score (nSPS) is 17.4. The molecule has 158 valence electrons. The van der Waals surface area contributed by atoms with Gasteiger partial charge in [0.05, 0.1) is 16.6 Å². The Balaban J connectivity index is 1.43. The maximum Gasteiger partial charge on any atom is 0.273 e. The number of thiazole rings is 1. The van der Waals surface area contributed by atoms with Gasteiger partial charge in [0.25, 0.3) is 5.91 Å². The molecule has 5 rings (SSSR count). The molecule has 1 aliphatic heterocycles. The number of aryl methyl sites for hydroxylation is 2. The highest BCUT2D eigenvalue weighted by atomic mass is 32.1. The second-order valence-electron chi connectivity index (χ2n) is 8.09. The van der Waals surface area contributed by atoms with Crippen LogP contribution in [0.5, 0.6) is 0 Å². The number of nitrogens with zero attached hydrogens (tertiary/aromatic N) is 6. The Morgan fingerprint density at radius 3 is 2.58 bits per heavy atom. The standard InChI is InChI=1S/C23H24N6OS/c1-15-4-6-17(7-5-15)18-8-9-20-22(25-26-29(20)12-18)21-13-28(11-10-27(21)3)23(30)19-14-31-16(2)24-19/h4-9,12,14,21H,10-11,13H2,1-3H3/t21-/m1/s1. The largest absolute Gasteiger partial charge is 0.334 e. The zero-order valence-electron chi connectivity index (χ0n) is 17.8. The van der Waals surface area contributed by atoms with Crippen LogP contribution in [0.25, 0.3) is 16.6 Å². The van der Waals surface area contributed by atoms with Crippen molar-refractivity contribution in [1.82, 2.24) is 29.6 Å². The summed E-state index contributed by atoms with van der Waals surface area (Å²) in [6, 6.07) is 12.6. The second-order valence-corrected chi connectivity index (χ2v) is 9.15. The van der Waals surface area contributed by atoms with Crippen molar-refractivity contribution < 1.29 is 4.79 Å². The lowest BCUT2D eigenvalue weighted by Gasteiger charge is -2.38. The third kappa shape index (κ3) is 3.73. The van der Waals surface area contributed by atoms with E-state index in [0.717, 1.165) is 33.9 Å². The van der Waals surface area contributed by atoms with E-state index < -0.39 is 0 Å². The van der Waals surface area contributed by atoms with Gasteiger partial charge in [0, 0.05) is 36.8 Å². The van der Waals surface area contributed by atoms with Gasteiger partial charge in [-0.05, 0) is 32.5 Å². The van der Waals surface area contributed by atoms with E-state index >= 15 is 0 Å². The third-order valence-electron chi connectivity index (χ3n) is 5.91. The number of carbonyl (C=O) groups is 1. The fourth-order valence-corrected chi connectivity index (χ4v) is 4.63. The van der Waals surface area contributed by atoms with Crippen LogP contribution in [0.4, 0.5) is 0 Å². The molecule has 0 saturated carbocycles. The summed E-state index contributed by atoms with van der Waals surface area (Å²) in [4.78, 5) is 21.4. The maximum atomic E-state index is 12.9. The van der Waals surface area contributed by atoms with Gasteiger partial charge in [-0.2, -0.15) is 0 Å². The summed E-state index contributed by atoms with van der Waals surface area (Å²) < 4.78 is 1.84. The Labute approximate surface area is 184 Å². The van der Waals surface area contributed by atoms with Crippen LogP contribution in [0, 0.1) is 13.8 Å². The average Bonchev–Trinajstić information content (AvgIpc) is 3.40. The molecule has 0 unspecified atom stereocenters. The Hall–Kier alpha value is -3.10. The van der Waals surface area contributed by atoms with Crippen molar-refractivity contribution in [2.75, 3.05) is 26.7 Å². The van der Waals surface area contributed by atoms with E-state index in [0.29, 0.717) is 18.8 Å². The van der Waals surface area contributed by atoms with Gasteiger partial charge >= 0.3 is 0 Å². The van der Waals surface area contributed by atoms with E-state index in [2.05, 4.69) is 70.6 Å². The zero-order chi connectivity index (χ0) is 21.5. The Kier molecular flexibility index (Phi) is 5.03. The topological polar surface area (TPSA) is 66.6 Å². The van der Waals surface area contributed by atoms with E-state index in [1.54, 1.807) is 0 Å². The van der Waals surface area contributed by atoms with Crippen LogP contribution < -0.4 is 0 Å². The summed E-state index contributed by atoms with van der Waals surface area (Å²) in [5, 5.41) is 11.6. The first-order chi connectivity index (χ1) is 15.0. The molecule has 0 spiro atoms. The SMILES string of the molecule is Cc1ccc(-c2ccc3c([C@H]4CN(C(=O)c5csc(C)n5)CCN4C)nnn3c2)cc1. The minimum atomic E-state index is -0.0137. The highest BCUT2D eigenvalue weighted by Gasteiger charge is 2.32. The van der Waals surface area contributed by atoms with Crippen molar-refractivity contribution in [1.29, 1.82) is 0 Å². The number of fused-ring (bicyclic) bond motifs is 1. The van der Waals surface area contributed by atoms with Crippen molar-refractivity contribution in [3.8, 4) is 11.1 Å². The molecule has 3 aromatic heterocycles. The van der Waals surface area contributed by atoms with Gasteiger partial charge in [0.2, 0.25) is 0 Å². The molecule has 4 heterocycles. The smallest absolute Gasteiger partial charge is 0.273 e. The number of hydrogen-bond acceptors (Lipinski definition) is 6. The first kappa shape index (κ1) is 19.8. The van der Waals surface area contributed by atoms with E-state index in [4.69, 9.17) is 0 Å². The number of carbonyl (C=O) groups excluding carboxylic acids is 1. The molecule has 0 bridgehead atoms. The fourth-order valence-electron chi connectivity index (χ4n) is 4.04. The molecule has 7 nitrogen and oxygen atoms in total. The van der Waals surface area contributed by atoms with Crippen LogP contribution in [0.1, 0.15) is 32.8 Å². The zero-order valence-corrected chi connectivity index (χ0v) is 18.6. The average molecular weight is 433 g/mol. The number of rotatable bonds is 3. The van der Waals surface area contributed by atoms with Crippen LogP contribution in [0.2, 0.25) is 0 Å². The Morgan fingerprint density at radius 2 is 1.84 bits per heavy atom. The number of hydrogen-bond donors (Lipinski definition) is 0. The molecule has 31 heavy (non-hydrogen) atoms. The molecule has 8 heteroatoms. The van der Waals surface area contributed by atoms with E-state index in [1.165, 1.54) is 16.9 Å². The summed E-state index contributed by atoms with van der Waals surface area (Å²) >= 11 is 1.50. The number of likely N-dealkylation sites (N-methyl/N-ethyl adjacent to an activating group) is 1. The second kappa shape index (κ2) is 7.86. The predicted octanol–water partition coefficient (Wildman–Crippen LogP) is 3.60. The van der Waals surface area contributed by atoms with Gasteiger partial charge in [0.15, 0.2) is 0 Å². The Morgan fingerprint density at radius 1 is 1.06 bits per heavy atom. The monoisotopic (exact) mass is 432 g/mol. The molecule has 0 radical (unpaired) electrons. The summed E-state index contributed by atoms with van der Waals surface area (Å²) in [5.74, 6) is -0.0134. The van der Waals surface area contributed by atoms with Gasteiger partial charge < -0.3 is 4.90 Å². The highest BCUT2D eigenvalue weighted by molar-refractivity contribution is 7.09. The summed E-state index contributed by atoms with van der Waals surface area (Å²) in [7, 11) is 2.07. The molecule has 0 aliphatic carbocycles. The van der Waals surface area contributed by atoms with E-state index in [1.807, 2.05) is 27.9 Å². The van der Waals surface area contributed by atoms with E-state index in [-0.39, 0.29) is 11.9 Å². The number of aromatic nitrogens is 4. The molecule has 0 N–H and O–H groups in total. The Bertz CT molecular complexity index is 1240. The van der Waals surface area contributed by atoms with Crippen molar-refractivity contribution in [2.45, 2.75) is 19.9 Å². The summed E-state index contributed by atoms with van der Waals surface area (Å²) in [6.45, 7) is 6.03. The molecular weight excluding hydrogens is 408 g/mol. The van der Waals surface area contributed by atoms with Crippen molar-refractivity contribution in [3.05, 3.63) is 69.9 Å². The molecule has 4 aromatic rings. The molecule has 1 atom stereocenters. The van der Waals surface area contributed by atoms with Crippen molar-refractivity contribution in [2.24, 2.45) is 0 Å². The number of amides is 1. The van der Waals surface area contributed by atoms with Gasteiger partial charge in [-0.25, -0.2) is 9.50 Å². The first-order valence-corrected chi connectivity index (χ1v) is 11.2. The summed E-state index contributed by atoms with van der Waals surface area (Å²) in [6.07, 6.45) is 2.01. The van der Waals surface area contributed by atoms with Gasteiger partial charge in [-0.3, -0.25) is 9.69 Å². The van der Waals surface area contributed by atoms with Crippen LogP contribution in [0.15, 0.2) is 48.0 Å². The van der Waals surface area contributed by atoms with Crippen LogP contribution in [-0.4, -0.2) is 62.2 Å². The number of pyridine rings is 1. The van der Waals surface area contributed by atoms with Crippen molar-refractivity contribution >= 4 is 22.8 Å². The first-order valence-electron chi connectivity index (χ1n) is 10.3. The molecule has 1 fully saturated rings. The minimum absolute atomic E-state index is 0.0134. The van der Waals surface area contributed by atoms with Gasteiger partial charge in [-0.15, -0.1) is 16.4 Å². The molecule has 1 amide bonds.